The van der Waals surface area contributed by atoms with Crippen molar-refractivity contribution in [3.63, 3.8) is 0 Å². The van der Waals surface area contributed by atoms with Gasteiger partial charge >= 0.3 is 5.97 Å². The smallest absolute Gasteiger partial charge is 0.338 e. The fourth-order valence-corrected chi connectivity index (χ4v) is 5.54. The highest BCUT2D eigenvalue weighted by Crippen LogP contribution is 2.31. The Morgan fingerprint density at radius 2 is 1.77 bits per heavy atom. The normalized spacial score (nSPS) is 15.1. The van der Waals surface area contributed by atoms with Crippen LogP contribution in [0.5, 0.6) is 5.75 Å². The van der Waals surface area contributed by atoms with Gasteiger partial charge in [0.15, 0.2) is 4.80 Å². The summed E-state index contributed by atoms with van der Waals surface area (Å²) in [5.41, 5.74) is 3.55. The second-order valence-electron chi connectivity index (χ2n) is 9.13. The number of hydrogen-bond acceptors (Lipinski definition) is 6. The van der Waals surface area contributed by atoms with Gasteiger partial charge in [-0.15, -0.1) is 0 Å². The first-order chi connectivity index (χ1) is 18.9. The van der Waals surface area contributed by atoms with Gasteiger partial charge < -0.3 is 9.47 Å². The largest absolute Gasteiger partial charge is 0.488 e. The molecule has 2 heterocycles. The minimum Gasteiger partial charge on any atom is -0.488 e. The van der Waals surface area contributed by atoms with Gasteiger partial charge in [-0.25, -0.2) is 14.2 Å². The second-order valence-corrected chi connectivity index (χ2v) is 10.1. The van der Waals surface area contributed by atoms with Crippen LogP contribution in [0.15, 0.2) is 93.9 Å². The van der Waals surface area contributed by atoms with E-state index in [9.17, 15) is 14.0 Å². The molecule has 1 aromatic heterocycles. The summed E-state index contributed by atoms with van der Waals surface area (Å²) in [5.74, 6) is -0.317. The number of esters is 1. The van der Waals surface area contributed by atoms with Crippen molar-refractivity contribution in [3.8, 4) is 5.75 Å². The van der Waals surface area contributed by atoms with Crippen molar-refractivity contribution >= 4 is 23.4 Å². The molecule has 0 unspecified atom stereocenters. The summed E-state index contributed by atoms with van der Waals surface area (Å²) in [4.78, 5) is 32.0. The van der Waals surface area contributed by atoms with E-state index in [-0.39, 0.29) is 24.6 Å². The molecule has 1 aliphatic rings. The van der Waals surface area contributed by atoms with E-state index in [0.717, 1.165) is 11.1 Å². The van der Waals surface area contributed by atoms with Gasteiger partial charge in [-0.05, 0) is 44.5 Å². The van der Waals surface area contributed by atoms with Crippen LogP contribution in [0.3, 0.4) is 0 Å². The number of thiazole rings is 1. The molecule has 0 fully saturated rings. The number of ether oxygens (including phenoxy) is 2. The van der Waals surface area contributed by atoms with Crippen LogP contribution in [-0.4, -0.2) is 17.1 Å². The highest BCUT2D eigenvalue weighted by molar-refractivity contribution is 7.07. The van der Waals surface area contributed by atoms with Gasteiger partial charge in [-0.2, -0.15) is 0 Å². The van der Waals surface area contributed by atoms with E-state index < -0.39 is 12.0 Å². The molecule has 3 aromatic carbocycles. The predicted molar refractivity (Wildman–Crippen MR) is 149 cm³/mol. The van der Waals surface area contributed by atoms with E-state index in [1.54, 1.807) is 48.8 Å². The molecule has 0 aliphatic carbocycles. The molecular weight excluding hydrogens is 515 g/mol. The van der Waals surface area contributed by atoms with Crippen LogP contribution in [0.1, 0.15) is 42.1 Å². The number of hydrogen-bond donors (Lipinski definition) is 0. The standard InChI is InChI=1S/C31H27FN2O4S/c1-4-37-30(36)27-20(3)33-31-34(28(27)21-15-13-19(2)14-16-21)29(35)26(39-31)17-22-9-6-8-12-25(22)38-18-23-10-5-7-11-24(23)32/h5-17,28H,4,18H2,1-3H3/b26-17+/t28-/m1/s1. The number of fused-ring (bicyclic) bond motifs is 1. The molecule has 0 amide bonds. The minimum atomic E-state index is -0.671. The third-order valence-electron chi connectivity index (χ3n) is 6.46. The Hall–Kier alpha value is -4.30. The number of rotatable bonds is 7. The molecule has 8 heteroatoms. The van der Waals surface area contributed by atoms with Crippen molar-refractivity contribution < 1.29 is 18.7 Å². The Kier molecular flexibility index (Phi) is 7.56. The molecule has 6 nitrogen and oxygen atoms in total. The molecule has 0 bridgehead atoms. The quantitative estimate of drug-likeness (QED) is 0.314. The third kappa shape index (κ3) is 5.33. The first kappa shape index (κ1) is 26.3. The number of para-hydroxylation sites is 1. The summed E-state index contributed by atoms with van der Waals surface area (Å²) in [7, 11) is 0. The lowest BCUT2D eigenvalue weighted by Crippen LogP contribution is -2.39. The first-order valence-electron chi connectivity index (χ1n) is 12.6. The Bertz CT molecular complexity index is 1750. The van der Waals surface area contributed by atoms with E-state index in [2.05, 4.69) is 4.99 Å². The number of carbonyl (C=O) groups excluding carboxylic acids is 1. The van der Waals surface area contributed by atoms with E-state index in [1.807, 2.05) is 49.4 Å². The van der Waals surface area contributed by atoms with Gasteiger partial charge in [-0.1, -0.05) is 77.6 Å². The van der Waals surface area contributed by atoms with E-state index in [1.165, 1.54) is 17.4 Å². The maximum atomic E-state index is 14.1. The Morgan fingerprint density at radius 3 is 2.51 bits per heavy atom. The average molecular weight is 543 g/mol. The van der Waals surface area contributed by atoms with Crippen molar-refractivity contribution in [1.82, 2.24) is 4.57 Å². The van der Waals surface area contributed by atoms with E-state index in [0.29, 0.717) is 37.5 Å². The maximum absolute atomic E-state index is 14.1. The van der Waals surface area contributed by atoms with Crippen LogP contribution < -0.4 is 19.6 Å². The van der Waals surface area contributed by atoms with Gasteiger partial charge in [-0.3, -0.25) is 9.36 Å². The zero-order valence-corrected chi connectivity index (χ0v) is 22.6. The van der Waals surface area contributed by atoms with Crippen LogP contribution in [-0.2, 0) is 16.1 Å². The summed E-state index contributed by atoms with van der Waals surface area (Å²) in [6, 6.07) is 20.8. The van der Waals surface area contributed by atoms with E-state index in [4.69, 9.17) is 9.47 Å². The van der Waals surface area contributed by atoms with Crippen molar-refractivity contribution in [2.24, 2.45) is 4.99 Å². The van der Waals surface area contributed by atoms with Gasteiger partial charge in [0.05, 0.1) is 28.5 Å². The van der Waals surface area contributed by atoms with Crippen molar-refractivity contribution in [2.75, 3.05) is 6.61 Å². The maximum Gasteiger partial charge on any atom is 0.338 e. The molecular formula is C31H27FN2O4S. The van der Waals surface area contributed by atoms with Crippen molar-refractivity contribution in [2.45, 2.75) is 33.4 Å². The SMILES string of the molecule is CCOC(=O)C1=C(C)N=c2s/c(=C/c3ccccc3OCc3ccccc3F)c(=O)n2[C@@H]1c1ccc(C)cc1. The zero-order chi connectivity index (χ0) is 27.5. The third-order valence-corrected chi connectivity index (χ3v) is 7.44. The highest BCUT2D eigenvalue weighted by Gasteiger charge is 2.33. The Labute approximate surface area is 229 Å². The van der Waals surface area contributed by atoms with Crippen LogP contribution in [0.4, 0.5) is 4.39 Å². The fraction of sp³-hybridized carbons (Fsp3) is 0.194. The molecule has 198 valence electrons. The number of halogens is 1. The van der Waals surface area contributed by atoms with E-state index >= 15 is 0 Å². The predicted octanol–water partition coefficient (Wildman–Crippen LogP) is 4.82. The number of carbonyl (C=O) groups is 1. The van der Waals surface area contributed by atoms with Crippen LogP contribution in [0.2, 0.25) is 0 Å². The highest BCUT2D eigenvalue weighted by atomic mass is 32.1. The summed E-state index contributed by atoms with van der Waals surface area (Å²) < 4.78 is 27.4. The number of nitrogens with zero attached hydrogens (tertiary/aromatic N) is 2. The summed E-state index contributed by atoms with van der Waals surface area (Å²) in [5, 5.41) is 0. The lowest BCUT2D eigenvalue weighted by molar-refractivity contribution is -0.139. The topological polar surface area (TPSA) is 69.9 Å². The summed E-state index contributed by atoms with van der Waals surface area (Å²) >= 11 is 1.24. The molecule has 0 radical (unpaired) electrons. The Morgan fingerprint density at radius 1 is 1.05 bits per heavy atom. The fourth-order valence-electron chi connectivity index (χ4n) is 4.50. The number of allylic oxidation sites excluding steroid dienone is 1. The molecule has 4 aromatic rings. The molecule has 0 N–H and O–H groups in total. The van der Waals surface area contributed by atoms with Crippen molar-refractivity contribution in [3.05, 3.63) is 132 Å². The average Bonchev–Trinajstić information content (AvgIpc) is 3.23. The molecule has 0 saturated carbocycles. The number of aryl methyl sites for hydroxylation is 1. The van der Waals surface area contributed by atoms with Crippen LogP contribution in [0.25, 0.3) is 6.08 Å². The molecule has 0 saturated heterocycles. The number of benzene rings is 3. The molecule has 1 aliphatic heterocycles. The molecule has 39 heavy (non-hydrogen) atoms. The summed E-state index contributed by atoms with van der Waals surface area (Å²) in [6.45, 7) is 5.75. The monoisotopic (exact) mass is 542 g/mol. The van der Waals surface area contributed by atoms with Crippen molar-refractivity contribution in [1.29, 1.82) is 0 Å². The molecule has 1 atom stereocenters. The van der Waals surface area contributed by atoms with Crippen LogP contribution >= 0.6 is 11.3 Å². The summed E-state index contributed by atoms with van der Waals surface area (Å²) in [6.07, 6.45) is 1.75. The van der Waals surface area contributed by atoms with Crippen LogP contribution in [0, 0.1) is 12.7 Å². The second kappa shape index (κ2) is 11.2. The van der Waals surface area contributed by atoms with Gasteiger partial charge in [0, 0.05) is 11.1 Å². The van der Waals surface area contributed by atoms with Gasteiger partial charge in [0.2, 0.25) is 0 Å². The minimum absolute atomic E-state index is 0.0499. The Balaban J connectivity index is 1.60. The van der Waals surface area contributed by atoms with Gasteiger partial charge in [0.1, 0.15) is 18.2 Å². The lowest BCUT2D eigenvalue weighted by Gasteiger charge is -2.24. The lowest BCUT2D eigenvalue weighted by atomic mass is 9.95. The van der Waals surface area contributed by atoms with Gasteiger partial charge in [0.25, 0.3) is 5.56 Å². The molecule has 5 rings (SSSR count). The first-order valence-corrected chi connectivity index (χ1v) is 13.4. The zero-order valence-electron chi connectivity index (χ0n) is 21.8. The number of aromatic nitrogens is 1. The molecule has 0 spiro atoms.